The number of aryl methyl sites for hydroxylation is 2. The van der Waals surface area contributed by atoms with Crippen LogP contribution in [0.25, 0.3) is 11.0 Å². The van der Waals surface area contributed by atoms with Gasteiger partial charge in [0.15, 0.2) is 5.65 Å². The molecule has 0 spiro atoms. The average molecular weight is 179 g/mol. The highest BCUT2D eigenvalue weighted by molar-refractivity contribution is 5.72. The molecule has 6 heteroatoms. The van der Waals surface area contributed by atoms with Gasteiger partial charge in [-0.15, -0.1) is 5.10 Å². The molecule has 0 saturated heterocycles. The van der Waals surface area contributed by atoms with Gasteiger partial charge in [-0.25, -0.2) is 9.36 Å². The van der Waals surface area contributed by atoms with Gasteiger partial charge in [-0.3, -0.25) is 4.79 Å². The second kappa shape index (κ2) is 2.65. The number of hydrogen-bond donors (Lipinski definition) is 0. The third-order valence-corrected chi connectivity index (χ3v) is 1.92. The number of aromatic nitrogens is 5. The first kappa shape index (κ1) is 7.90. The molecule has 0 fully saturated rings. The largest absolute Gasteiger partial charge is 0.280 e. The summed E-state index contributed by atoms with van der Waals surface area (Å²) < 4.78 is 2.84. The molecule has 2 heterocycles. The maximum Gasteiger partial charge on any atom is 0.280 e. The van der Waals surface area contributed by atoms with E-state index in [0.717, 1.165) is 0 Å². The third kappa shape index (κ3) is 1.02. The van der Waals surface area contributed by atoms with Crippen LogP contribution in [0.15, 0.2) is 11.0 Å². The van der Waals surface area contributed by atoms with E-state index in [9.17, 15) is 4.79 Å². The highest BCUT2D eigenvalue weighted by Gasteiger charge is 2.07. The molecule has 2 aromatic rings. The Morgan fingerprint density at radius 2 is 2.31 bits per heavy atom. The lowest BCUT2D eigenvalue weighted by Gasteiger charge is -1.97. The van der Waals surface area contributed by atoms with Crippen LogP contribution >= 0.6 is 0 Å². The van der Waals surface area contributed by atoms with Crippen molar-refractivity contribution in [3.8, 4) is 0 Å². The molecule has 0 atom stereocenters. The summed E-state index contributed by atoms with van der Waals surface area (Å²) in [6.07, 6.45) is 1.51. The molecule has 0 bridgehead atoms. The van der Waals surface area contributed by atoms with Gasteiger partial charge < -0.3 is 0 Å². The predicted octanol–water partition coefficient (Wildman–Crippen LogP) is -0.455. The molecule has 0 amide bonds. The van der Waals surface area contributed by atoms with Gasteiger partial charge in [-0.05, 0) is 6.92 Å². The van der Waals surface area contributed by atoms with Crippen LogP contribution in [0.2, 0.25) is 0 Å². The van der Waals surface area contributed by atoms with Crippen LogP contribution in [-0.4, -0.2) is 24.8 Å². The molecule has 2 rings (SSSR count). The maximum absolute atomic E-state index is 11.6. The standard InChI is InChI=1S/C7H9N5O/c1-3-12-7(13)5-4-8-11(2)6(5)9-10-12/h4H,3H2,1-2H3. The van der Waals surface area contributed by atoms with Gasteiger partial charge in [0.1, 0.15) is 5.39 Å². The Labute approximate surface area is 73.8 Å². The Balaban J connectivity index is 2.88. The van der Waals surface area contributed by atoms with Crippen molar-refractivity contribution in [2.45, 2.75) is 13.5 Å². The molecule has 6 nitrogen and oxygen atoms in total. The van der Waals surface area contributed by atoms with Crippen LogP contribution in [0.3, 0.4) is 0 Å². The van der Waals surface area contributed by atoms with Gasteiger partial charge in [-0.1, -0.05) is 5.21 Å². The zero-order valence-corrected chi connectivity index (χ0v) is 7.43. The predicted molar refractivity (Wildman–Crippen MR) is 46.2 cm³/mol. The average Bonchev–Trinajstić information content (AvgIpc) is 2.50. The molecule has 2 aromatic heterocycles. The Morgan fingerprint density at radius 1 is 1.54 bits per heavy atom. The van der Waals surface area contributed by atoms with E-state index in [2.05, 4.69) is 15.4 Å². The second-order valence-electron chi connectivity index (χ2n) is 2.72. The van der Waals surface area contributed by atoms with E-state index >= 15 is 0 Å². The molecule has 0 aromatic carbocycles. The summed E-state index contributed by atoms with van der Waals surface area (Å²) >= 11 is 0. The Bertz CT molecular complexity index is 497. The van der Waals surface area contributed by atoms with Gasteiger partial charge in [0, 0.05) is 13.6 Å². The highest BCUT2D eigenvalue weighted by Crippen LogP contribution is 2.00. The topological polar surface area (TPSA) is 65.6 Å². The molecule has 0 N–H and O–H groups in total. The number of rotatable bonds is 1. The Kier molecular flexibility index (Phi) is 1.61. The molecule has 0 aliphatic rings. The third-order valence-electron chi connectivity index (χ3n) is 1.92. The summed E-state index contributed by atoms with van der Waals surface area (Å²) in [7, 11) is 1.73. The fourth-order valence-electron chi connectivity index (χ4n) is 1.18. The fraction of sp³-hybridized carbons (Fsp3) is 0.429. The zero-order valence-electron chi connectivity index (χ0n) is 7.43. The van der Waals surface area contributed by atoms with Crippen LogP contribution in [0.5, 0.6) is 0 Å². The van der Waals surface area contributed by atoms with E-state index in [-0.39, 0.29) is 5.56 Å². The van der Waals surface area contributed by atoms with E-state index in [4.69, 9.17) is 0 Å². The first-order chi connectivity index (χ1) is 6.24. The van der Waals surface area contributed by atoms with Crippen molar-refractivity contribution in [3.05, 3.63) is 16.6 Å². The van der Waals surface area contributed by atoms with Gasteiger partial charge in [0.25, 0.3) is 5.56 Å². The van der Waals surface area contributed by atoms with E-state index in [1.807, 2.05) is 6.92 Å². The van der Waals surface area contributed by atoms with Crippen LogP contribution in [0.1, 0.15) is 6.92 Å². The van der Waals surface area contributed by atoms with Gasteiger partial charge >= 0.3 is 0 Å². The number of hydrogen-bond acceptors (Lipinski definition) is 4. The number of fused-ring (bicyclic) bond motifs is 1. The lowest BCUT2D eigenvalue weighted by atomic mass is 10.4. The quantitative estimate of drug-likeness (QED) is 0.594. The van der Waals surface area contributed by atoms with E-state index in [1.54, 1.807) is 7.05 Å². The molecule has 0 unspecified atom stereocenters. The monoisotopic (exact) mass is 179 g/mol. The van der Waals surface area contributed by atoms with Crippen LogP contribution in [0.4, 0.5) is 0 Å². The summed E-state index contributed by atoms with van der Waals surface area (Å²) in [6, 6.07) is 0. The van der Waals surface area contributed by atoms with E-state index < -0.39 is 0 Å². The maximum atomic E-state index is 11.6. The van der Waals surface area contributed by atoms with Crippen molar-refractivity contribution in [3.63, 3.8) is 0 Å². The van der Waals surface area contributed by atoms with Crippen molar-refractivity contribution in [2.24, 2.45) is 7.05 Å². The summed E-state index contributed by atoms with van der Waals surface area (Å²) in [5, 5.41) is 12.1. The first-order valence-electron chi connectivity index (χ1n) is 3.99. The van der Waals surface area contributed by atoms with Crippen molar-refractivity contribution in [2.75, 3.05) is 0 Å². The van der Waals surface area contributed by atoms with Crippen LogP contribution in [0, 0.1) is 0 Å². The van der Waals surface area contributed by atoms with E-state index in [0.29, 0.717) is 17.6 Å². The zero-order chi connectivity index (χ0) is 9.42. The molecule has 0 radical (unpaired) electrons. The van der Waals surface area contributed by atoms with Crippen molar-refractivity contribution < 1.29 is 0 Å². The van der Waals surface area contributed by atoms with Gasteiger partial charge in [0.05, 0.1) is 6.20 Å². The molecule has 0 saturated carbocycles. The lowest BCUT2D eigenvalue weighted by molar-refractivity contribution is 0.576. The Morgan fingerprint density at radius 3 is 3.00 bits per heavy atom. The number of nitrogens with zero attached hydrogens (tertiary/aromatic N) is 5. The molecular weight excluding hydrogens is 170 g/mol. The first-order valence-corrected chi connectivity index (χ1v) is 3.99. The summed E-state index contributed by atoms with van der Waals surface area (Å²) in [5.74, 6) is 0. The fourth-order valence-corrected chi connectivity index (χ4v) is 1.18. The van der Waals surface area contributed by atoms with Crippen molar-refractivity contribution in [1.29, 1.82) is 0 Å². The molecular formula is C7H9N5O. The molecule has 13 heavy (non-hydrogen) atoms. The molecule has 68 valence electrons. The molecule has 0 aliphatic carbocycles. The Hall–Kier alpha value is -1.72. The van der Waals surface area contributed by atoms with Gasteiger partial charge in [-0.2, -0.15) is 5.10 Å². The van der Waals surface area contributed by atoms with Crippen LogP contribution < -0.4 is 5.56 Å². The summed E-state index contributed by atoms with van der Waals surface area (Å²) in [6.45, 7) is 2.37. The van der Waals surface area contributed by atoms with Crippen LogP contribution in [-0.2, 0) is 13.6 Å². The lowest BCUT2D eigenvalue weighted by Crippen LogP contribution is -2.23. The minimum atomic E-state index is -0.138. The summed E-state index contributed by atoms with van der Waals surface area (Å²) in [5.41, 5.74) is 0.385. The highest BCUT2D eigenvalue weighted by atomic mass is 16.1. The van der Waals surface area contributed by atoms with Gasteiger partial charge in [0.2, 0.25) is 0 Å². The molecule has 0 aliphatic heterocycles. The SMILES string of the molecule is CCn1nnc2c(cnn2C)c1=O. The van der Waals surface area contributed by atoms with Crippen molar-refractivity contribution in [1.82, 2.24) is 24.8 Å². The minimum Gasteiger partial charge on any atom is -0.267 e. The second-order valence-corrected chi connectivity index (χ2v) is 2.72. The smallest absolute Gasteiger partial charge is 0.267 e. The van der Waals surface area contributed by atoms with Crippen molar-refractivity contribution >= 4 is 11.0 Å². The summed E-state index contributed by atoms with van der Waals surface area (Å²) in [4.78, 5) is 11.6. The van der Waals surface area contributed by atoms with E-state index in [1.165, 1.54) is 15.6 Å². The minimum absolute atomic E-state index is 0.138. The normalized spacial score (nSPS) is 10.9.